The molecule has 0 aliphatic heterocycles. The van der Waals surface area contributed by atoms with Crippen molar-refractivity contribution in [2.75, 3.05) is 0 Å². The Bertz CT molecular complexity index is 596. The van der Waals surface area contributed by atoms with Gasteiger partial charge in [-0.2, -0.15) is 0 Å². The van der Waals surface area contributed by atoms with Crippen molar-refractivity contribution in [3.63, 3.8) is 0 Å². The van der Waals surface area contributed by atoms with Crippen LogP contribution >= 0.6 is 22.3 Å². The van der Waals surface area contributed by atoms with Gasteiger partial charge in [-0.1, -0.05) is 18.5 Å². The van der Waals surface area contributed by atoms with Crippen LogP contribution in [-0.2, 0) is 13.8 Å². The van der Waals surface area contributed by atoms with Gasteiger partial charge in [0.1, 0.15) is 0 Å². The van der Waals surface area contributed by atoms with E-state index in [0.717, 1.165) is 0 Å². The third-order valence-electron chi connectivity index (χ3n) is 2.68. The van der Waals surface area contributed by atoms with Crippen LogP contribution in [-0.4, -0.2) is 20.5 Å². The fourth-order valence-corrected chi connectivity index (χ4v) is 2.86. The Morgan fingerprint density at radius 2 is 2.00 bits per heavy atom. The van der Waals surface area contributed by atoms with Crippen LogP contribution in [0.2, 0.25) is 5.02 Å². The van der Waals surface area contributed by atoms with Crippen molar-refractivity contribution in [1.29, 1.82) is 0 Å². The fraction of sp³-hybridized carbons (Fsp3) is 0.417. The number of ether oxygens (including phenoxy) is 1. The van der Waals surface area contributed by atoms with Crippen molar-refractivity contribution < 1.29 is 17.9 Å². The first kappa shape index (κ1) is 16.3. The highest BCUT2D eigenvalue weighted by molar-refractivity contribution is 8.13. The average Bonchev–Trinajstić information content (AvgIpc) is 2.30. The lowest BCUT2D eigenvalue weighted by molar-refractivity contribution is 0.0334. The number of esters is 1. The zero-order valence-electron chi connectivity index (χ0n) is 10.7. The average molecular weight is 325 g/mol. The molecule has 0 saturated carbocycles. The Kier molecular flexibility index (Phi) is 5.24. The lowest BCUT2D eigenvalue weighted by Crippen LogP contribution is -2.14. The van der Waals surface area contributed by atoms with E-state index in [0.29, 0.717) is 12.0 Å². The minimum Gasteiger partial charge on any atom is -0.459 e. The van der Waals surface area contributed by atoms with Crippen LogP contribution in [0, 0.1) is 6.92 Å². The molecule has 0 spiro atoms. The molecule has 0 N–H and O–H groups in total. The smallest absolute Gasteiger partial charge is 0.338 e. The number of carbonyl (C=O) groups is 1. The summed E-state index contributed by atoms with van der Waals surface area (Å²) in [4.78, 5) is 11.7. The Labute approximate surface area is 122 Å². The van der Waals surface area contributed by atoms with Crippen molar-refractivity contribution in [1.82, 2.24) is 0 Å². The van der Waals surface area contributed by atoms with E-state index in [2.05, 4.69) is 0 Å². The number of halogens is 2. The van der Waals surface area contributed by atoms with E-state index in [1.54, 1.807) is 6.92 Å². The first-order valence-corrected chi connectivity index (χ1v) is 8.31. The summed E-state index contributed by atoms with van der Waals surface area (Å²) in [6.45, 7) is 5.13. The van der Waals surface area contributed by atoms with Gasteiger partial charge in [0.25, 0.3) is 9.05 Å². The topological polar surface area (TPSA) is 60.4 Å². The van der Waals surface area contributed by atoms with Gasteiger partial charge in [-0.05, 0) is 38.0 Å². The van der Waals surface area contributed by atoms with Crippen LogP contribution in [0.3, 0.4) is 0 Å². The molecule has 1 rings (SSSR count). The molecule has 1 aromatic carbocycles. The minimum atomic E-state index is -3.97. The molecule has 19 heavy (non-hydrogen) atoms. The largest absolute Gasteiger partial charge is 0.459 e. The third kappa shape index (κ3) is 4.09. The second kappa shape index (κ2) is 6.11. The standard InChI is InChI=1S/C12H14Cl2O4S/c1-4-7(2)18-12(15)9-5-10(13)8(3)11(6-9)19(14,16)17/h5-7H,4H2,1-3H3. The summed E-state index contributed by atoms with van der Waals surface area (Å²) in [5.41, 5.74) is 0.367. The lowest BCUT2D eigenvalue weighted by Gasteiger charge is -2.12. The highest BCUT2D eigenvalue weighted by atomic mass is 35.7. The molecule has 0 heterocycles. The van der Waals surface area contributed by atoms with Gasteiger partial charge in [0.2, 0.25) is 0 Å². The molecule has 1 aromatic rings. The van der Waals surface area contributed by atoms with E-state index in [-0.39, 0.29) is 21.6 Å². The molecule has 106 valence electrons. The number of carbonyl (C=O) groups excluding carboxylic acids is 1. The van der Waals surface area contributed by atoms with Crippen LogP contribution in [0.1, 0.15) is 36.2 Å². The second-order valence-corrected chi connectivity index (χ2v) is 7.08. The van der Waals surface area contributed by atoms with Gasteiger partial charge in [-0.25, -0.2) is 13.2 Å². The summed E-state index contributed by atoms with van der Waals surface area (Å²) < 4.78 is 27.9. The van der Waals surface area contributed by atoms with E-state index in [1.165, 1.54) is 19.1 Å². The van der Waals surface area contributed by atoms with E-state index in [4.69, 9.17) is 27.0 Å². The monoisotopic (exact) mass is 324 g/mol. The van der Waals surface area contributed by atoms with E-state index < -0.39 is 15.0 Å². The quantitative estimate of drug-likeness (QED) is 0.628. The van der Waals surface area contributed by atoms with Gasteiger partial charge < -0.3 is 4.74 Å². The van der Waals surface area contributed by atoms with Gasteiger partial charge >= 0.3 is 5.97 Å². The summed E-state index contributed by atoms with van der Waals surface area (Å²) in [6, 6.07) is 2.54. The summed E-state index contributed by atoms with van der Waals surface area (Å²) >= 11 is 5.91. The number of benzene rings is 1. The highest BCUT2D eigenvalue weighted by Gasteiger charge is 2.20. The summed E-state index contributed by atoms with van der Waals surface area (Å²) in [5, 5.41) is 0.151. The molecule has 0 radical (unpaired) electrons. The molecule has 1 atom stereocenters. The van der Waals surface area contributed by atoms with Crippen molar-refractivity contribution in [3.8, 4) is 0 Å². The Morgan fingerprint density at radius 1 is 1.42 bits per heavy atom. The molecule has 1 unspecified atom stereocenters. The predicted molar refractivity (Wildman–Crippen MR) is 74.4 cm³/mol. The molecule has 0 bridgehead atoms. The van der Waals surface area contributed by atoms with Crippen molar-refractivity contribution in [2.45, 2.75) is 38.2 Å². The van der Waals surface area contributed by atoms with Gasteiger partial charge in [-0.3, -0.25) is 0 Å². The first-order chi connectivity index (χ1) is 8.66. The molecule has 0 amide bonds. The normalized spacial score (nSPS) is 13.1. The number of hydrogen-bond acceptors (Lipinski definition) is 4. The van der Waals surface area contributed by atoms with Crippen LogP contribution in [0.4, 0.5) is 0 Å². The predicted octanol–water partition coefficient (Wildman–Crippen LogP) is 3.53. The Hall–Kier alpha value is -0.780. The molecule has 0 saturated heterocycles. The number of rotatable bonds is 4. The molecule has 0 fully saturated rings. The zero-order valence-corrected chi connectivity index (χ0v) is 13.1. The SMILES string of the molecule is CCC(C)OC(=O)c1cc(Cl)c(C)c(S(=O)(=O)Cl)c1. The fourth-order valence-electron chi connectivity index (χ4n) is 1.36. The van der Waals surface area contributed by atoms with Crippen LogP contribution in [0.5, 0.6) is 0 Å². The van der Waals surface area contributed by atoms with Crippen LogP contribution < -0.4 is 0 Å². The maximum absolute atomic E-state index is 11.8. The summed E-state index contributed by atoms with van der Waals surface area (Å²) in [5.74, 6) is -0.627. The first-order valence-electron chi connectivity index (χ1n) is 5.62. The molecule has 0 aliphatic carbocycles. The minimum absolute atomic E-state index is 0.0649. The molecular weight excluding hydrogens is 311 g/mol. The third-order valence-corrected chi connectivity index (χ3v) is 4.52. The van der Waals surface area contributed by atoms with Crippen molar-refractivity contribution in [3.05, 3.63) is 28.3 Å². The van der Waals surface area contributed by atoms with Crippen molar-refractivity contribution in [2.24, 2.45) is 0 Å². The van der Waals surface area contributed by atoms with Gasteiger partial charge in [0, 0.05) is 15.7 Å². The lowest BCUT2D eigenvalue weighted by atomic mass is 10.1. The molecule has 4 nitrogen and oxygen atoms in total. The molecule has 0 aliphatic rings. The van der Waals surface area contributed by atoms with E-state index in [1.807, 2.05) is 6.92 Å². The van der Waals surface area contributed by atoms with Gasteiger partial charge in [-0.15, -0.1) is 0 Å². The Morgan fingerprint density at radius 3 is 2.47 bits per heavy atom. The zero-order chi connectivity index (χ0) is 14.8. The molecule has 7 heteroatoms. The maximum Gasteiger partial charge on any atom is 0.338 e. The highest BCUT2D eigenvalue weighted by Crippen LogP contribution is 2.28. The summed E-state index contributed by atoms with van der Waals surface area (Å²) in [6.07, 6.45) is 0.398. The summed E-state index contributed by atoms with van der Waals surface area (Å²) in [7, 11) is 1.34. The van der Waals surface area contributed by atoms with Crippen molar-refractivity contribution >= 4 is 37.3 Å². The molecule has 0 aromatic heterocycles. The number of hydrogen-bond donors (Lipinski definition) is 0. The van der Waals surface area contributed by atoms with Gasteiger partial charge in [0.15, 0.2) is 0 Å². The maximum atomic E-state index is 11.8. The van der Waals surface area contributed by atoms with E-state index in [9.17, 15) is 13.2 Å². The Balaban J connectivity index is 3.25. The second-order valence-electron chi connectivity index (χ2n) is 4.14. The van der Waals surface area contributed by atoms with Gasteiger partial charge in [0.05, 0.1) is 16.6 Å². The van der Waals surface area contributed by atoms with Crippen LogP contribution in [0.25, 0.3) is 0 Å². The molecular formula is C12H14Cl2O4S. The van der Waals surface area contributed by atoms with E-state index >= 15 is 0 Å². The van der Waals surface area contributed by atoms with Crippen LogP contribution in [0.15, 0.2) is 17.0 Å².